The molecule has 0 bridgehead atoms. The van der Waals surface area contributed by atoms with Crippen LogP contribution in [0.1, 0.15) is 16.1 Å². The quantitative estimate of drug-likeness (QED) is 0.710. The Balaban J connectivity index is 2.01. The predicted octanol–water partition coefficient (Wildman–Crippen LogP) is 3.48. The second-order valence-corrected chi connectivity index (χ2v) is 5.63. The Hall–Kier alpha value is -3.41. The zero-order valence-electron chi connectivity index (χ0n) is 14.5. The minimum atomic E-state index is -0.403. The fourth-order valence-electron chi connectivity index (χ4n) is 2.64. The highest BCUT2D eigenvalue weighted by Crippen LogP contribution is 2.27. The number of rotatable bonds is 5. The van der Waals surface area contributed by atoms with E-state index in [2.05, 4.69) is 10.3 Å². The molecule has 0 saturated carbocycles. The highest BCUT2D eigenvalue weighted by atomic mass is 16.5. The third kappa shape index (κ3) is 3.80. The van der Waals surface area contributed by atoms with Crippen LogP contribution in [0.5, 0.6) is 0 Å². The van der Waals surface area contributed by atoms with E-state index < -0.39 is 5.97 Å². The molecule has 0 saturated heterocycles. The molecule has 0 unspecified atom stereocenters. The van der Waals surface area contributed by atoms with Crippen molar-refractivity contribution >= 4 is 34.2 Å². The molecule has 6 nitrogen and oxygen atoms in total. The number of carbonyl (C=O) groups excluding carboxylic acids is 2. The first-order chi connectivity index (χ1) is 12.6. The van der Waals surface area contributed by atoms with Crippen LogP contribution in [-0.2, 0) is 20.7 Å². The lowest BCUT2D eigenvalue weighted by Crippen LogP contribution is -2.07. The molecule has 26 heavy (non-hydrogen) atoms. The molecule has 0 amide bonds. The molecule has 1 heterocycles. The smallest absolute Gasteiger partial charge is 0.337 e. The zero-order valence-corrected chi connectivity index (χ0v) is 14.5. The summed E-state index contributed by atoms with van der Waals surface area (Å²) >= 11 is 0. The highest BCUT2D eigenvalue weighted by molar-refractivity contribution is 5.95. The molecule has 3 aromatic rings. The number of anilines is 2. The van der Waals surface area contributed by atoms with Crippen molar-refractivity contribution in [3.63, 3.8) is 0 Å². The molecule has 0 atom stereocenters. The Morgan fingerprint density at radius 3 is 2.58 bits per heavy atom. The summed E-state index contributed by atoms with van der Waals surface area (Å²) in [5.41, 5.74) is 3.33. The van der Waals surface area contributed by atoms with Crippen molar-refractivity contribution in [2.75, 3.05) is 19.5 Å². The maximum absolute atomic E-state index is 11.7. The number of esters is 2. The summed E-state index contributed by atoms with van der Waals surface area (Å²) in [6, 6.07) is 16.5. The number of carbonyl (C=O) groups is 2. The summed E-state index contributed by atoms with van der Waals surface area (Å²) in [6.45, 7) is 0. The molecule has 3 rings (SSSR count). The van der Waals surface area contributed by atoms with E-state index in [0.29, 0.717) is 11.3 Å². The molecule has 0 aliphatic rings. The summed E-state index contributed by atoms with van der Waals surface area (Å²) in [5, 5.41) is 4.21. The molecule has 0 aliphatic carbocycles. The largest absolute Gasteiger partial charge is 0.469 e. The molecule has 1 aromatic heterocycles. The Morgan fingerprint density at radius 2 is 1.81 bits per heavy atom. The maximum Gasteiger partial charge on any atom is 0.337 e. The Labute approximate surface area is 150 Å². The van der Waals surface area contributed by atoms with Crippen LogP contribution >= 0.6 is 0 Å². The van der Waals surface area contributed by atoms with E-state index in [0.717, 1.165) is 22.3 Å². The van der Waals surface area contributed by atoms with Gasteiger partial charge in [0.1, 0.15) is 0 Å². The second kappa shape index (κ2) is 7.65. The van der Waals surface area contributed by atoms with Gasteiger partial charge in [0.25, 0.3) is 0 Å². The van der Waals surface area contributed by atoms with Crippen LogP contribution in [0.2, 0.25) is 0 Å². The topological polar surface area (TPSA) is 77.5 Å². The maximum atomic E-state index is 11.7. The molecule has 1 N–H and O–H groups in total. The minimum absolute atomic E-state index is 0.0816. The van der Waals surface area contributed by atoms with E-state index in [1.165, 1.54) is 14.2 Å². The molecule has 132 valence electrons. The van der Waals surface area contributed by atoms with Crippen LogP contribution in [0.4, 0.5) is 11.4 Å². The monoisotopic (exact) mass is 350 g/mol. The van der Waals surface area contributed by atoms with Gasteiger partial charge in [0, 0.05) is 16.8 Å². The van der Waals surface area contributed by atoms with E-state index in [9.17, 15) is 9.59 Å². The Kier molecular flexibility index (Phi) is 5.12. The van der Waals surface area contributed by atoms with E-state index in [4.69, 9.17) is 9.47 Å². The fraction of sp³-hybridized carbons (Fsp3) is 0.150. The first-order valence-electron chi connectivity index (χ1n) is 8.01. The lowest BCUT2D eigenvalue weighted by atomic mass is 10.1. The summed E-state index contributed by atoms with van der Waals surface area (Å²) in [4.78, 5) is 27.8. The van der Waals surface area contributed by atoms with Gasteiger partial charge < -0.3 is 14.8 Å². The SMILES string of the molecule is COC(=O)Cc1cc(Nc2cccc(C(=O)OC)c2)c2ccccc2n1. The van der Waals surface area contributed by atoms with Crippen molar-refractivity contribution in [2.24, 2.45) is 0 Å². The molecule has 0 radical (unpaired) electrons. The van der Waals surface area contributed by atoms with Crippen LogP contribution < -0.4 is 5.32 Å². The van der Waals surface area contributed by atoms with Crippen LogP contribution in [0, 0.1) is 0 Å². The first-order valence-corrected chi connectivity index (χ1v) is 8.01. The van der Waals surface area contributed by atoms with Gasteiger partial charge in [-0.25, -0.2) is 4.79 Å². The lowest BCUT2D eigenvalue weighted by molar-refractivity contribution is -0.139. The average Bonchev–Trinajstić information content (AvgIpc) is 2.67. The number of hydrogen-bond donors (Lipinski definition) is 1. The number of nitrogens with one attached hydrogen (secondary N) is 1. The fourth-order valence-corrected chi connectivity index (χ4v) is 2.64. The lowest BCUT2D eigenvalue weighted by Gasteiger charge is -2.12. The van der Waals surface area contributed by atoms with E-state index in [1.54, 1.807) is 18.2 Å². The van der Waals surface area contributed by atoms with Crippen molar-refractivity contribution in [3.05, 3.63) is 65.9 Å². The summed E-state index contributed by atoms with van der Waals surface area (Å²) in [5.74, 6) is -0.758. The number of fused-ring (bicyclic) bond motifs is 1. The number of methoxy groups -OCH3 is 2. The van der Waals surface area contributed by atoms with Gasteiger partial charge in [-0.15, -0.1) is 0 Å². The molecule has 0 fully saturated rings. The van der Waals surface area contributed by atoms with Gasteiger partial charge >= 0.3 is 11.9 Å². The van der Waals surface area contributed by atoms with Crippen LogP contribution in [0.25, 0.3) is 10.9 Å². The van der Waals surface area contributed by atoms with E-state index in [1.807, 2.05) is 36.4 Å². The number of aromatic nitrogens is 1. The van der Waals surface area contributed by atoms with Gasteiger partial charge in [0.05, 0.1) is 37.4 Å². The third-order valence-electron chi connectivity index (χ3n) is 3.89. The first kappa shape index (κ1) is 17.4. The van der Waals surface area contributed by atoms with Crippen LogP contribution in [-0.4, -0.2) is 31.1 Å². The van der Waals surface area contributed by atoms with Gasteiger partial charge in [-0.1, -0.05) is 24.3 Å². The van der Waals surface area contributed by atoms with Crippen molar-refractivity contribution in [1.82, 2.24) is 4.98 Å². The van der Waals surface area contributed by atoms with Gasteiger partial charge in [0.15, 0.2) is 0 Å². The van der Waals surface area contributed by atoms with Crippen molar-refractivity contribution in [2.45, 2.75) is 6.42 Å². The van der Waals surface area contributed by atoms with Crippen LogP contribution in [0.15, 0.2) is 54.6 Å². The second-order valence-electron chi connectivity index (χ2n) is 5.63. The van der Waals surface area contributed by atoms with Crippen molar-refractivity contribution in [3.8, 4) is 0 Å². The van der Waals surface area contributed by atoms with Gasteiger partial charge in [-0.05, 0) is 30.3 Å². The number of para-hydroxylation sites is 1. The molecule has 0 aliphatic heterocycles. The van der Waals surface area contributed by atoms with Gasteiger partial charge in [-0.2, -0.15) is 0 Å². The van der Waals surface area contributed by atoms with Crippen LogP contribution in [0.3, 0.4) is 0 Å². The summed E-state index contributed by atoms with van der Waals surface area (Å²) in [6.07, 6.45) is 0.0816. The van der Waals surface area contributed by atoms with E-state index >= 15 is 0 Å². The predicted molar refractivity (Wildman–Crippen MR) is 98.5 cm³/mol. The molecule has 2 aromatic carbocycles. The summed E-state index contributed by atoms with van der Waals surface area (Å²) in [7, 11) is 2.69. The zero-order chi connectivity index (χ0) is 18.5. The Morgan fingerprint density at radius 1 is 1.00 bits per heavy atom. The van der Waals surface area contributed by atoms with Gasteiger partial charge in [-0.3, -0.25) is 9.78 Å². The molecular formula is C20H18N2O4. The Bertz CT molecular complexity index is 969. The normalized spacial score (nSPS) is 10.4. The standard InChI is InChI=1S/C20H18N2O4/c1-25-19(23)12-15-11-18(16-8-3-4-9-17(16)22-15)21-14-7-5-6-13(10-14)20(24)26-2/h3-11H,12H2,1-2H3,(H,21,22). The average molecular weight is 350 g/mol. The third-order valence-corrected chi connectivity index (χ3v) is 3.89. The minimum Gasteiger partial charge on any atom is -0.469 e. The van der Waals surface area contributed by atoms with E-state index in [-0.39, 0.29) is 12.4 Å². The highest BCUT2D eigenvalue weighted by Gasteiger charge is 2.11. The van der Waals surface area contributed by atoms with Crippen molar-refractivity contribution in [1.29, 1.82) is 0 Å². The number of benzene rings is 2. The summed E-state index contributed by atoms with van der Waals surface area (Å²) < 4.78 is 9.49. The number of nitrogens with zero attached hydrogens (tertiary/aromatic N) is 1. The van der Waals surface area contributed by atoms with Crippen molar-refractivity contribution < 1.29 is 19.1 Å². The molecular weight excluding hydrogens is 332 g/mol. The number of hydrogen-bond acceptors (Lipinski definition) is 6. The molecule has 0 spiro atoms. The number of ether oxygens (including phenoxy) is 2. The molecule has 6 heteroatoms. The number of pyridine rings is 1. The van der Waals surface area contributed by atoms with Gasteiger partial charge in [0.2, 0.25) is 0 Å².